The van der Waals surface area contributed by atoms with Crippen molar-refractivity contribution in [3.63, 3.8) is 0 Å². The first-order valence-corrected chi connectivity index (χ1v) is 6.75. The Morgan fingerprint density at radius 3 is 2.71 bits per heavy atom. The van der Waals surface area contributed by atoms with Crippen molar-refractivity contribution in [2.24, 2.45) is 0 Å². The van der Waals surface area contributed by atoms with E-state index in [9.17, 15) is 9.18 Å². The second kappa shape index (κ2) is 7.19. The van der Waals surface area contributed by atoms with Gasteiger partial charge in [0.1, 0.15) is 5.82 Å². The van der Waals surface area contributed by atoms with Crippen molar-refractivity contribution in [2.75, 3.05) is 11.2 Å². The summed E-state index contributed by atoms with van der Waals surface area (Å²) in [7, 11) is 0. The smallest absolute Gasteiger partial charge is 0.224 e. The number of hydrogen-bond donors (Lipinski definition) is 1. The molecule has 1 amide bonds. The fourth-order valence-electron chi connectivity index (χ4n) is 1.24. The molecule has 6 heteroatoms. The van der Waals surface area contributed by atoms with E-state index < -0.39 is 5.82 Å². The fourth-order valence-corrected chi connectivity index (χ4v) is 2.33. The lowest BCUT2D eigenvalue weighted by atomic mass is 10.2. The average molecular weight is 343 g/mol. The predicted octanol–water partition coefficient (Wildman–Crippen LogP) is 4.59. The monoisotopic (exact) mass is 341 g/mol. The van der Waals surface area contributed by atoms with Crippen molar-refractivity contribution in [1.82, 2.24) is 0 Å². The zero-order chi connectivity index (χ0) is 12.8. The second-order valence-electron chi connectivity index (χ2n) is 3.44. The van der Waals surface area contributed by atoms with Crippen LogP contribution in [0.4, 0.5) is 10.1 Å². The molecule has 0 fully saturated rings. The number of hydrogen-bond acceptors (Lipinski definition) is 1. The maximum Gasteiger partial charge on any atom is 0.224 e. The van der Waals surface area contributed by atoms with Gasteiger partial charge in [0.2, 0.25) is 5.91 Å². The van der Waals surface area contributed by atoms with Gasteiger partial charge in [-0.2, -0.15) is 0 Å². The van der Waals surface area contributed by atoms with Crippen LogP contribution in [0.1, 0.15) is 19.3 Å². The van der Waals surface area contributed by atoms with Crippen LogP contribution in [0.5, 0.6) is 0 Å². The largest absolute Gasteiger partial charge is 0.324 e. The third-order valence-corrected chi connectivity index (χ3v) is 3.25. The molecule has 0 saturated carbocycles. The molecule has 0 bridgehead atoms. The molecule has 1 N–H and O–H groups in total. The quantitative estimate of drug-likeness (QED) is 0.615. The van der Waals surface area contributed by atoms with E-state index >= 15 is 0 Å². The average Bonchev–Trinajstić information content (AvgIpc) is 2.24. The number of nitrogens with one attached hydrogen (secondary N) is 1. The number of halogens is 4. The molecule has 0 radical (unpaired) electrons. The van der Waals surface area contributed by atoms with Crippen LogP contribution in [-0.2, 0) is 4.79 Å². The molecule has 1 aromatic carbocycles. The van der Waals surface area contributed by atoms with Crippen molar-refractivity contribution in [2.45, 2.75) is 19.3 Å². The van der Waals surface area contributed by atoms with Gasteiger partial charge < -0.3 is 5.32 Å². The van der Waals surface area contributed by atoms with E-state index in [0.717, 1.165) is 12.5 Å². The van der Waals surface area contributed by atoms with E-state index in [2.05, 4.69) is 21.2 Å². The predicted molar refractivity (Wildman–Crippen MR) is 72.3 cm³/mol. The number of amides is 1. The van der Waals surface area contributed by atoms with Gasteiger partial charge in [-0.1, -0.05) is 11.6 Å². The van der Waals surface area contributed by atoms with E-state index in [1.165, 1.54) is 6.07 Å². The van der Waals surface area contributed by atoms with Crippen LogP contribution in [0.15, 0.2) is 16.6 Å². The number of alkyl halides is 1. The molecule has 94 valence electrons. The topological polar surface area (TPSA) is 29.1 Å². The standard InChI is InChI=1S/C11H11BrCl2FNO/c12-8-5-7(15)6-9(14)11(8)16-10(17)3-1-2-4-13/h5-6H,1-4H2,(H,16,17). The Bertz CT molecular complexity index is 391. The van der Waals surface area contributed by atoms with Crippen LogP contribution in [0.2, 0.25) is 5.02 Å². The SMILES string of the molecule is O=C(CCCCCl)Nc1c(Cl)cc(F)cc1Br. The lowest BCUT2D eigenvalue weighted by Gasteiger charge is -2.09. The van der Waals surface area contributed by atoms with E-state index in [0.29, 0.717) is 28.9 Å². The van der Waals surface area contributed by atoms with Crippen LogP contribution in [0.3, 0.4) is 0 Å². The summed E-state index contributed by atoms with van der Waals surface area (Å²) in [6.45, 7) is 0. The van der Waals surface area contributed by atoms with Gasteiger partial charge in [0.15, 0.2) is 0 Å². The maximum atomic E-state index is 13.0. The molecule has 0 unspecified atom stereocenters. The number of carbonyl (C=O) groups is 1. The molecule has 0 spiro atoms. The summed E-state index contributed by atoms with van der Waals surface area (Å²) in [5.41, 5.74) is 0.393. The lowest BCUT2D eigenvalue weighted by molar-refractivity contribution is -0.116. The van der Waals surface area contributed by atoms with E-state index in [4.69, 9.17) is 23.2 Å². The van der Waals surface area contributed by atoms with Crippen LogP contribution in [-0.4, -0.2) is 11.8 Å². The molecule has 1 rings (SSSR count). The van der Waals surface area contributed by atoms with Gasteiger partial charge in [-0.25, -0.2) is 4.39 Å². The minimum Gasteiger partial charge on any atom is -0.324 e. The molecule has 0 aromatic heterocycles. The van der Waals surface area contributed by atoms with Crippen molar-refractivity contribution in [3.05, 3.63) is 27.4 Å². The van der Waals surface area contributed by atoms with Crippen LogP contribution in [0, 0.1) is 5.82 Å². The van der Waals surface area contributed by atoms with Crippen molar-refractivity contribution >= 4 is 50.7 Å². The molecule has 17 heavy (non-hydrogen) atoms. The van der Waals surface area contributed by atoms with Gasteiger partial charge in [0, 0.05) is 16.8 Å². The highest BCUT2D eigenvalue weighted by Crippen LogP contribution is 2.31. The summed E-state index contributed by atoms with van der Waals surface area (Å²) < 4.78 is 13.4. The zero-order valence-corrected chi connectivity index (χ0v) is 12.0. The minimum atomic E-state index is -0.456. The van der Waals surface area contributed by atoms with Gasteiger partial charge >= 0.3 is 0 Å². The van der Waals surface area contributed by atoms with Crippen LogP contribution in [0.25, 0.3) is 0 Å². The Morgan fingerprint density at radius 2 is 2.12 bits per heavy atom. The fraction of sp³-hybridized carbons (Fsp3) is 0.364. The van der Waals surface area contributed by atoms with Crippen molar-refractivity contribution in [3.8, 4) is 0 Å². The summed E-state index contributed by atoms with van der Waals surface area (Å²) in [4.78, 5) is 11.5. The number of unbranched alkanes of at least 4 members (excludes halogenated alkanes) is 1. The van der Waals surface area contributed by atoms with Crippen LogP contribution < -0.4 is 5.32 Å². The van der Waals surface area contributed by atoms with Gasteiger partial charge in [0.05, 0.1) is 10.7 Å². The number of anilines is 1. The van der Waals surface area contributed by atoms with Gasteiger partial charge in [-0.15, -0.1) is 11.6 Å². The Balaban J connectivity index is 2.65. The van der Waals surface area contributed by atoms with E-state index in [1.807, 2.05) is 0 Å². The van der Waals surface area contributed by atoms with Gasteiger partial charge in [-0.3, -0.25) is 4.79 Å². The number of benzene rings is 1. The molecule has 0 heterocycles. The first-order chi connectivity index (χ1) is 8.04. The number of carbonyl (C=O) groups excluding carboxylic acids is 1. The normalized spacial score (nSPS) is 10.4. The molecular weight excluding hydrogens is 332 g/mol. The Kier molecular flexibility index (Phi) is 6.23. The Labute approximate surface area is 118 Å². The summed E-state index contributed by atoms with van der Waals surface area (Å²) in [6, 6.07) is 2.40. The number of rotatable bonds is 5. The second-order valence-corrected chi connectivity index (χ2v) is 5.08. The Hall–Kier alpha value is -0.320. The third kappa shape index (κ3) is 4.82. The van der Waals surface area contributed by atoms with Crippen LogP contribution >= 0.6 is 39.1 Å². The molecular formula is C11H11BrCl2FNO. The van der Waals surface area contributed by atoms with Crippen molar-refractivity contribution < 1.29 is 9.18 Å². The summed E-state index contributed by atoms with van der Waals surface area (Å²) in [5, 5.41) is 2.81. The third-order valence-electron chi connectivity index (χ3n) is 2.06. The first-order valence-electron chi connectivity index (χ1n) is 5.05. The molecule has 0 aliphatic carbocycles. The molecule has 1 aromatic rings. The highest BCUT2D eigenvalue weighted by atomic mass is 79.9. The van der Waals surface area contributed by atoms with E-state index in [-0.39, 0.29) is 10.9 Å². The summed E-state index contributed by atoms with van der Waals surface area (Å²) in [6.07, 6.45) is 1.87. The lowest BCUT2D eigenvalue weighted by Crippen LogP contribution is -2.12. The summed E-state index contributed by atoms with van der Waals surface area (Å²) >= 11 is 14.5. The zero-order valence-electron chi connectivity index (χ0n) is 8.90. The Morgan fingerprint density at radius 1 is 1.41 bits per heavy atom. The van der Waals surface area contributed by atoms with Gasteiger partial charge in [0.25, 0.3) is 0 Å². The molecule has 0 aliphatic rings. The molecule has 0 atom stereocenters. The van der Waals surface area contributed by atoms with Gasteiger partial charge in [-0.05, 0) is 40.9 Å². The minimum absolute atomic E-state index is 0.163. The molecule has 0 saturated heterocycles. The maximum absolute atomic E-state index is 13.0. The molecule has 2 nitrogen and oxygen atoms in total. The highest BCUT2D eigenvalue weighted by Gasteiger charge is 2.11. The highest BCUT2D eigenvalue weighted by molar-refractivity contribution is 9.10. The van der Waals surface area contributed by atoms with E-state index in [1.54, 1.807) is 0 Å². The summed E-state index contributed by atoms with van der Waals surface area (Å²) in [5.74, 6) is -0.0831. The van der Waals surface area contributed by atoms with Crippen molar-refractivity contribution in [1.29, 1.82) is 0 Å². The molecule has 0 aliphatic heterocycles. The first kappa shape index (κ1) is 14.7.